The van der Waals surface area contributed by atoms with Crippen molar-refractivity contribution in [1.82, 2.24) is 10.3 Å². The third kappa shape index (κ3) is 4.17. The van der Waals surface area contributed by atoms with Gasteiger partial charge in [-0.15, -0.1) is 11.3 Å². The summed E-state index contributed by atoms with van der Waals surface area (Å²) in [6.45, 7) is 3.92. The van der Waals surface area contributed by atoms with Crippen LogP contribution in [-0.2, 0) is 9.59 Å². The number of hydrogen-bond acceptors (Lipinski definition) is 5. The molecule has 2 rings (SSSR count). The van der Waals surface area contributed by atoms with Crippen molar-refractivity contribution < 1.29 is 24.6 Å². The number of carbonyl (C=O) groups excluding carboxylic acids is 1. The molecule has 0 bridgehead atoms. The van der Waals surface area contributed by atoms with Gasteiger partial charge in [0.05, 0.1) is 6.42 Å². The molecule has 1 aromatic carbocycles. The Hall–Kier alpha value is -2.74. The molecule has 1 unspecified atom stereocenters. The van der Waals surface area contributed by atoms with Crippen LogP contribution in [0.1, 0.15) is 28.0 Å². The highest BCUT2D eigenvalue weighted by Gasteiger charge is 2.24. The van der Waals surface area contributed by atoms with Gasteiger partial charge in [0.25, 0.3) is 5.91 Å². The summed E-state index contributed by atoms with van der Waals surface area (Å²) in [6, 6.07) is 4.36. The Morgan fingerprint density at radius 1 is 1.25 bits per heavy atom. The van der Waals surface area contributed by atoms with Crippen LogP contribution in [0.3, 0.4) is 0 Å². The zero-order valence-electron chi connectivity index (χ0n) is 13.1. The topological polar surface area (TPSA) is 117 Å². The van der Waals surface area contributed by atoms with Crippen LogP contribution in [-0.4, -0.2) is 39.1 Å². The SMILES string of the molecule is Cc1ccc(-c2nc(C(=O)NC(CC(=O)O)C(=O)O)cs2)c(C)c1. The summed E-state index contributed by atoms with van der Waals surface area (Å²) in [4.78, 5) is 38.0. The van der Waals surface area contributed by atoms with Crippen LogP contribution in [0.2, 0.25) is 0 Å². The first-order valence-electron chi connectivity index (χ1n) is 7.06. The molecular weight excluding hydrogens is 332 g/mol. The van der Waals surface area contributed by atoms with E-state index in [1.807, 2.05) is 32.0 Å². The van der Waals surface area contributed by atoms with Gasteiger partial charge in [-0.2, -0.15) is 0 Å². The van der Waals surface area contributed by atoms with Gasteiger partial charge >= 0.3 is 11.9 Å². The Kier molecular flexibility index (Phi) is 5.30. The number of aryl methyl sites for hydroxylation is 2. The van der Waals surface area contributed by atoms with Gasteiger partial charge in [0, 0.05) is 10.9 Å². The average Bonchev–Trinajstić information content (AvgIpc) is 2.95. The predicted molar refractivity (Wildman–Crippen MR) is 88.2 cm³/mol. The minimum Gasteiger partial charge on any atom is -0.481 e. The molecule has 1 atom stereocenters. The number of hydrogen-bond donors (Lipinski definition) is 3. The van der Waals surface area contributed by atoms with Crippen molar-refractivity contribution in [3.63, 3.8) is 0 Å². The second-order valence-corrected chi connectivity index (χ2v) is 6.18. The molecule has 0 fully saturated rings. The number of carbonyl (C=O) groups is 3. The lowest BCUT2D eigenvalue weighted by atomic mass is 10.1. The quantitative estimate of drug-likeness (QED) is 0.736. The van der Waals surface area contributed by atoms with Crippen molar-refractivity contribution in [2.75, 3.05) is 0 Å². The van der Waals surface area contributed by atoms with Crippen molar-refractivity contribution >= 4 is 29.2 Å². The van der Waals surface area contributed by atoms with Crippen molar-refractivity contribution in [3.05, 3.63) is 40.4 Å². The highest BCUT2D eigenvalue weighted by Crippen LogP contribution is 2.27. The minimum absolute atomic E-state index is 0.0617. The number of nitrogens with one attached hydrogen (secondary N) is 1. The summed E-state index contributed by atoms with van der Waals surface area (Å²) in [7, 11) is 0. The monoisotopic (exact) mass is 348 g/mol. The number of aromatic nitrogens is 1. The Bertz CT molecular complexity index is 800. The number of rotatable bonds is 6. The van der Waals surface area contributed by atoms with E-state index in [0.717, 1.165) is 16.7 Å². The van der Waals surface area contributed by atoms with Crippen molar-refractivity contribution in [3.8, 4) is 10.6 Å². The lowest BCUT2D eigenvalue weighted by Gasteiger charge is -2.11. The van der Waals surface area contributed by atoms with E-state index in [2.05, 4.69) is 10.3 Å². The van der Waals surface area contributed by atoms with E-state index < -0.39 is 30.3 Å². The number of carboxylic acids is 2. The molecule has 0 saturated carbocycles. The maximum absolute atomic E-state index is 12.1. The molecule has 0 aliphatic carbocycles. The molecule has 126 valence electrons. The van der Waals surface area contributed by atoms with Crippen LogP contribution < -0.4 is 5.32 Å². The lowest BCUT2D eigenvalue weighted by molar-refractivity contribution is -0.145. The maximum atomic E-state index is 12.1. The minimum atomic E-state index is -1.50. The van der Waals surface area contributed by atoms with E-state index in [1.54, 1.807) is 0 Å². The highest BCUT2D eigenvalue weighted by atomic mass is 32.1. The molecule has 1 heterocycles. The van der Waals surface area contributed by atoms with Gasteiger partial charge in [-0.05, 0) is 19.4 Å². The Labute approximate surface area is 142 Å². The molecule has 0 aliphatic heterocycles. The maximum Gasteiger partial charge on any atom is 0.326 e. The summed E-state index contributed by atoms with van der Waals surface area (Å²) < 4.78 is 0. The van der Waals surface area contributed by atoms with Gasteiger partial charge in [-0.3, -0.25) is 9.59 Å². The average molecular weight is 348 g/mol. The first-order chi connectivity index (χ1) is 11.3. The molecule has 7 nitrogen and oxygen atoms in total. The van der Waals surface area contributed by atoms with E-state index in [4.69, 9.17) is 10.2 Å². The molecule has 0 saturated heterocycles. The van der Waals surface area contributed by atoms with E-state index in [0.29, 0.717) is 5.01 Å². The molecule has 0 spiro atoms. The van der Waals surface area contributed by atoms with Gasteiger partial charge in [-0.25, -0.2) is 9.78 Å². The van der Waals surface area contributed by atoms with Crippen LogP contribution in [0.25, 0.3) is 10.6 Å². The Balaban J connectivity index is 2.18. The highest BCUT2D eigenvalue weighted by molar-refractivity contribution is 7.13. The summed E-state index contributed by atoms with van der Waals surface area (Å²) in [5.41, 5.74) is 3.09. The van der Waals surface area contributed by atoms with E-state index >= 15 is 0 Å². The summed E-state index contributed by atoms with van der Waals surface area (Å²) in [5.74, 6) is -3.43. The standard InChI is InChI=1S/C16H16N2O5S/c1-8-3-4-10(9(2)5-8)15-18-12(7-24-15)14(21)17-11(16(22)23)6-13(19)20/h3-5,7,11H,6H2,1-2H3,(H,17,21)(H,19,20)(H,22,23). The van der Waals surface area contributed by atoms with E-state index in [-0.39, 0.29) is 5.69 Å². The van der Waals surface area contributed by atoms with Crippen LogP contribution in [0.15, 0.2) is 23.6 Å². The number of thiazole rings is 1. The summed E-state index contributed by atoms with van der Waals surface area (Å²) >= 11 is 1.26. The van der Waals surface area contributed by atoms with E-state index in [9.17, 15) is 14.4 Å². The van der Waals surface area contributed by atoms with Crippen molar-refractivity contribution in [2.45, 2.75) is 26.3 Å². The summed E-state index contributed by atoms with van der Waals surface area (Å²) in [6.07, 6.45) is -0.699. The number of carboxylic acid groups (broad SMARTS) is 2. The lowest BCUT2D eigenvalue weighted by Crippen LogP contribution is -2.42. The second-order valence-electron chi connectivity index (χ2n) is 5.32. The number of aliphatic carboxylic acids is 2. The molecule has 8 heteroatoms. The molecule has 1 aromatic heterocycles. The summed E-state index contributed by atoms with van der Waals surface area (Å²) in [5, 5.41) is 22.0. The third-order valence-electron chi connectivity index (χ3n) is 3.33. The molecule has 2 aromatic rings. The largest absolute Gasteiger partial charge is 0.481 e. The molecular formula is C16H16N2O5S. The van der Waals surface area contributed by atoms with E-state index in [1.165, 1.54) is 16.7 Å². The molecule has 1 amide bonds. The predicted octanol–water partition coefficient (Wildman–Crippen LogP) is 2.08. The fourth-order valence-corrected chi connectivity index (χ4v) is 3.05. The van der Waals surface area contributed by atoms with Gasteiger partial charge in [0.15, 0.2) is 0 Å². The van der Waals surface area contributed by atoms with Gasteiger partial charge in [0.2, 0.25) is 0 Å². The number of benzene rings is 1. The first kappa shape index (κ1) is 17.6. The van der Waals surface area contributed by atoms with Crippen molar-refractivity contribution in [2.24, 2.45) is 0 Å². The Morgan fingerprint density at radius 3 is 2.54 bits per heavy atom. The number of amides is 1. The van der Waals surface area contributed by atoms with Crippen LogP contribution in [0.5, 0.6) is 0 Å². The first-order valence-corrected chi connectivity index (χ1v) is 7.94. The molecule has 24 heavy (non-hydrogen) atoms. The van der Waals surface area contributed by atoms with Gasteiger partial charge in [0.1, 0.15) is 16.7 Å². The smallest absolute Gasteiger partial charge is 0.326 e. The molecule has 3 N–H and O–H groups in total. The van der Waals surface area contributed by atoms with Crippen LogP contribution in [0.4, 0.5) is 0 Å². The van der Waals surface area contributed by atoms with Crippen LogP contribution in [0, 0.1) is 13.8 Å². The fourth-order valence-electron chi connectivity index (χ4n) is 2.16. The Morgan fingerprint density at radius 2 is 1.96 bits per heavy atom. The molecule has 0 radical (unpaired) electrons. The fraction of sp³-hybridized carbons (Fsp3) is 0.250. The second kappa shape index (κ2) is 7.22. The third-order valence-corrected chi connectivity index (χ3v) is 4.21. The van der Waals surface area contributed by atoms with Gasteiger partial charge < -0.3 is 15.5 Å². The zero-order valence-corrected chi connectivity index (χ0v) is 13.9. The van der Waals surface area contributed by atoms with Crippen LogP contribution >= 0.6 is 11.3 Å². The number of nitrogens with zero attached hydrogens (tertiary/aromatic N) is 1. The van der Waals surface area contributed by atoms with Gasteiger partial charge in [-0.1, -0.05) is 23.8 Å². The normalized spacial score (nSPS) is 11.8. The zero-order chi connectivity index (χ0) is 17.9. The van der Waals surface area contributed by atoms with Crippen molar-refractivity contribution in [1.29, 1.82) is 0 Å². The molecule has 0 aliphatic rings.